The van der Waals surface area contributed by atoms with E-state index in [0.717, 1.165) is 0 Å². The van der Waals surface area contributed by atoms with Gasteiger partial charge in [-0.2, -0.15) is 0 Å². The molecule has 0 aromatic carbocycles. The van der Waals surface area contributed by atoms with E-state index >= 15 is 0 Å². The molecule has 0 aliphatic carbocycles. The van der Waals surface area contributed by atoms with Crippen LogP contribution in [0.25, 0.3) is 0 Å². The number of hydrogen-bond acceptors (Lipinski definition) is 3. The molecular weight excluding hydrogens is 166 g/mol. The molecule has 0 aromatic heterocycles. The zero-order chi connectivity index (χ0) is 10.4. The van der Waals surface area contributed by atoms with E-state index in [-0.39, 0.29) is 11.9 Å². The predicted octanol–water partition coefficient (Wildman–Crippen LogP) is 1.37. The van der Waals surface area contributed by atoms with Crippen LogP contribution in [-0.2, 0) is 9.53 Å². The Morgan fingerprint density at radius 3 is 2.31 bits per heavy atom. The minimum Gasteiger partial charge on any atom is -0.464 e. The molecule has 0 saturated heterocycles. The number of esters is 1. The maximum absolute atomic E-state index is 11.2. The number of carbonyl (C=O) groups excluding carboxylic acids is 1. The molecule has 3 nitrogen and oxygen atoms in total. The quantitative estimate of drug-likeness (QED) is 0.660. The minimum atomic E-state index is -0.499. The summed E-state index contributed by atoms with van der Waals surface area (Å²) in [4.78, 5) is 11.2. The molecular formula is C10H20NO2. The summed E-state index contributed by atoms with van der Waals surface area (Å²) >= 11 is 0. The van der Waals surface area contributed by atoms with Crippen LogP contribution in [0, 0.1) is 18.3 Å². The van der Waals surface area contributed by atoms with E-state index in [1.807, 2.05) is 34.1 Å². The lowest BCUT2D eigenvalue weighted by molar-refractivity contribution is -0.145. The molecule has 77 valence electrons. The number of ether oxygens (including phenoxy) is 1. The highest BCUT2D eigenvalue weighted by atomic mass is 16.5. The Morgan fingerprint density at radius 1 is 1.38 bits per heavy atom. The van der Waals surface area contributed by atoms with Crippen LogP contribution in [0.1, 0.15) is 27.7 Å². The first-order chi connectivity index (χ1) is 5.95. The minimum absolute atomic E-state index is 0.131. The summed E-state index contributed by atoms with van der Waals surface area (Å²) in [6.45, 7) is 8.24. The van der Waals surface area contributed by atoms with E-state index in [9.17, 15) is 4.79 Å². The summed E-state index contributed by atoms with van der Waals surface area (Å²) in [5, 5.41) is 0. The van der Waals surface area contributed by atoms with Crippen molar-refractivity contribution in [1.29, 1.82) is 0 Å². The van der Waals surface area contributed by atoms with Gasteiger partial charge in [-0.1, -0.05) is 27.7 Å². The normalized spacial score (nSPS) is 13.5. The second-order valence-corrected chi connectivity index (χ2v) is 3.88. The molecule has 0 amide bonds. The summed E-state index contributed by atoms with van der Waals surface area (Å²) in [5.41, 5.74) is 5.59. The monoisotopic (exact) mass is 186 g/mol. The number of carbonyl (C=O) groups is 1. The van der Waals surface area contributed by atoms with Crippen molar-refractivity contribution in [1.82, 2.24) is 0 Å². The fraction of sp³-hybridized carbons (Fsp3) is 0.800. The standard InChI is InChI=1S/C10H20NO2/c1-7(2)5-6-13-10(12)9(11)8(3)4/h5,7-9H,6,11H2,1-4H3. The molecule has 1 unspecified atom stereocenters. The maximum Gasteiger partial charge on any atom is 0.323 e. The highest BCUT2D eigenvalue weighted by molar-refractivity contribution is 5.75. The lowest BCUT2D eigenvalue weighted by Crippen LogP contribution is -2.37. The fourth-order valence-electron chi connectivity index (χ4n) is 0.691. The summed E-state index contributed by atoms with van der Waals surface area (Å²) in [5.74, 6) is 0.251. The topological polar surface area (TPSA) is 52.3 Å². The highest BCUT2D eigenvalue weighted by Crippen LogP contribution is 2.02. The molecule has 0 spiro atoms. The predicted molar refractivity (Wildman–Crippen MR) is 52.9 cm³/mol. The fourth-order valence-corrected chi connectivity index (χ4v) is 0.691. The number of hydrogen-bond donors (Lipinski definition) is 1. The summed E-state index contributed by atoms with van der Waals surface area (Å²) in [6, 6.07) is -0.499. The average molecular weight is 186 g/mol. The van der Waals surface area contributed by atoms with Crippen LogP contribution in [0.3, 0.4) is 0 Å². The van der Waals surface area contributed by atoms with Gasteiger partial charge in [-0.15, -0.1) is 0 Å². The Balaban J connectivity index is 3.62. The van der Waals surface area contributed by atoms with Crippen molar-refractivity contribution in [2.45, 2.75) is 33.7 Å². The van der Waals surface area contributed by atoms with Gasteiger partial charge >= 0.3 is 5.97 Å². The van der Waals surface area contributed by atoms with Crippen molar-refractivity contribution in [3.63, 3.8) is 0 Å². The molecule has 0 aliphatic rings. The van der Waals surface area contributed by atoms with Gasteiger partial charge in [-0.3, -0.25) is 4.79 Å². The molecule has 0 fully saturated rings. The van der Waals surface area contributed by atoms with Crippen LogP contribution in [0.5, 0.6) is 0 Å². The Morgan fingerprint density at radius 2 is 1.92 bits per heavy atom. The van der Waals surface area contributed by atoms with Crippen LogP contribution in [0.4, 0.5) is 0 Å². The van der Waals surface area contributed by atoms with Crippen molar-refractivity contribution in [2.75, 3.05) is 6.61 Å². The van der Waals surface area contributed by atoms with Gasteiger partial charge in [0.05, 0.1) is 6.61 Å². The van der Waals surface area contributed by atoms with E-state index < -0.39 is 6.04 Å². The van der Waals surface area contributed by atoms with E-state index in [1.165, 1.54) is 0 Å². The van der Waals surface area contributed by atoms with Gasteiger partial charge in [0.1, 0.15) is 6.04 Å². The third kappa shape index (κ3) is 5.64. The van der Waals surface area contributed by atoms with Gasteiger partial charge in [0, 0.05) is 6.42 Å². The molecule has 2 N–H and O–H groups in total. The highest BCUT2D eigenvalue weighted by Gasteiger charge is 2.18. The van der Waals surface area contributed by atoms with Gasteiger partial charge in [-0.25, -0.2) is 0 Å². The van der Waals surface area contributed by atoms with E-state index in [0.29, 0.717) is 12.5 Å². The van der Waals surface area contributed by atoms with Gasteiger partial charge in [0.2, 0.25) is 0 Å². The molecule has 0 rings (SSSR count). The molecule has 13 heavy (non-hydrogen) atoms. The van der Waals surface area contributed by atoms with E-state index in [2.05, 4.69) is 0 Å². The first-order valence-electron chi connectivity index (χ1n) is 4.70. The van der Waals surface area contributed by atoms with Crippen LogP contribution in [0.15, 0.2) is 0 Å². The molecule has 0 bridgehead atoms. The van der Waals surface area contributed by atoms with Gasteiger partial charge in [0.25, 0.3) is 0 Å². The zero-order valence-electron chi connectivity index (χ0n) is 8.91. The molecule has 0 aliphatic heterocycles. The van der Waals surface area contributed by atoms with Crippen LogP contribution in [0.2, 0.25) is 0 Å². The van der Waals surface area contributed by atoms with Crippen LogP contribution in [-0.4, -0.2) is 18.6 Å². The zero-order valence-corrected chi connectivity index (χ0v) is 8.91. The van der Waals surface area contributed by atoms with Crippen LogP contribution >= 0.6 is 0 Å². The van der Waals surface area contributed by atoms with Crippen LogP contribution < -0.4 is 5.73 Å². The summed E-state index contributed by atoms with van der Waals surface area (Å²) in [6.07, 6.45) is 1.94. The molecule has 0 heterocycles. The summed E-state index contributed by atoms with van der Waals surface area (Å²) < 4.78 is 4.96. The van der Waals surface area contributed by atoms with Gasteiger partial charge in [0.15, 0.2) is 0 Å². The number of rotatable bonds is 5. The van der Waals surface area contributed by atoms with Gasteiger partial charge in [-0.05, 0) is 11.8 Å². The van der Waals surface area contributed by atoms with Gasteiger partial charge < -0.3 is 10.5 Å². The molecule has 3 heteroatoms. The lowest BCUT2D eigenvalue weighted by atomic mass is 10.1. The molecule has 0 aromatic rings. The first kappa shape index (κ1) is 12.4. The van der Waals surface area contributed by atoms with Crippen molar-refractivity contribution >= 4 is 5.97 Å². The van der Waals surface area contributed by atoms with Crippen molar-refractivity contribution < 1.29 is 9.53 Å². The average Bonchev–Trinajstić information content (AvgIpc) is 2.02. The van der Waals surface area contributed by atoms with Crippen molar-refractivity contribution in [3.05, 3.63) is 6.42 Å². The largest absolute Gasteiger partial charge is 0.464 e. The SMILES string of the molecule is CC(C)[CH]COC(=O)C(N)C(C)C. The second kappa shape index (κ2) is 5.97. The van der Waals surface area contributed by atoms with Crippen molar-refractivity contribution in [2.24, 2.45) is 17.6 Å². The van der Waals surface area contributed by atoms with Crippen molar-refractivity contribution in [3.8, 4) is 0 Å². The Kier molecular flexibility index (Phi) is 5.71. The Labute approximate surface area is 80.6 Å². The lowest BCUT2D eigenvalue weighted by Gasteiger charge is -2.14. The smallest absolute Gasteiger partial charge is 0.323 e. The molecule has 1 atom stereocenters. The first-order valence-corrected chi connectivity index (χ1v) is 4.70. The Bertz CT molecular complexity index is 155. The molecule has 0 saturated carbocycles. The second-order valence-electron chi connectivity index (χ2n) is 3.88. The molecule has 1 radical (unpaired) electrons. The number of nitrogens with two attached hydrogens (primary N) is 1. The summed E-state index contributed by atoms with van der Waals surface area (Å²) in [7, 11) is 0. The maximum atomic E-state index is 11.2. The van der Waals surface area contributed by atoms with E-state index in [4.69, 9.17) is 10.5 Å². The van der Waals surface area contributed by atoms with E-state index in [1.54, 1.807) is 0 Å². The third-order valence-electron chi connectivity index (χ3n) is 1.78. The third-order valence-corrected chi connectivity index (χ3v) is 1.78. The Hall–Kier alpha value is -0.570.